The molecule has 2 amide bonds. The molecular weight excluding hydrogens is 270 g/mol. The van der Waals surface area contributed by atoms with Gasteiger partial charge in [0.15, 0.2) is 0 Å². The maximum atomic E-state index is 11.7. The molecule has 0 saturated heterocycles. The van der Waals surface area contributed by atoms with E-state index < -0.39 is 6.04 Å². The number of carbonyl (C=O) groups excluding carboxylic acids is 2. The van der Waals surface area contributed by atoms with E-state index in [9.17, 15) is 9.59 Å². The first-order chi connectivity index (χ1) is 9.95. The highest BCUT2D eigenvalue weighted by Crippen LogP contribution is 2.16. The molecule has 1 aromatic rings. The van der Waals surface area contributed by atoms with Crippen LogP contribution in [0.1, 0.15) is 19.4 Å². The molecule has 6 nitrogen and oxygen atoms in total. The number of methoxy groups -OCH3 is 1. The second-order valence-corrected chi connectivity index (χ2v) is 5.08. The summed E-state index contributed by atoms with van der Waals surface area (Å²) < 4.78 is 5.20. The van der Waals surface area contributed by atoms with Crippen molar-refractivity contribution in [1.82, 2.24) is 10.6 Å². The first kappa shape index (κ1) is 17.0. The van der Waals surface area contributed by atoms with E-state index in [1.807, 2.05) is 38.1 Å². The predicted molar refractivity (Wildman–Crippen MR) is 80.7 cm³/mol. The minimum absolute atomic E-state index is 0.0293. The quantitative estimate of drug-likeness (QED) is 0.679. The van der Waals surface area contributed by atoms with Crippen molar-refractivity contribution in [2.75, 3.05) is 13.7 Å². The van der Waals surface area contributed by atoms with Crippen LogP contribution in [-0.4, -0.2) is 31.5 Å². The van der Waals surface area contributed by atoms with Crippen molar-refractivity contribution in [1.29, 1.82) is 0 Å². The van der Waals surface area contributed by atoms with Gasteiger partial charge in [-0.3, -0.25) is 9.59 Å². The van der Waals surface area contributed by atoms with Crippen LogP contribution in [0.4, 0.5) is 0 Å². The molecule has 0 unspecified atom stereocenters. The molecule has 6 heteroatoms. The Balaban J connectivity index is 2.39. The van der Waals surface area contributed by atoms with Crippen LogP contribution in [-0.2, 0) is 16.1 Å². The molecule has 0 aliphatic carbocycles. The Hall–Kier alpha value is -2.08. The highest BCUT2D eigenvalue weighted by molar-refractivity contribution is 5.87. The summed E-state index contributed by atoms with van der Waals surface area (Å²) in [6.45, 7) is 3.96. The van der Waals surface area contributed by atoms with Gasteiger partial charge in [0.05, 0.1) is 19.7 Å². The Morgan fingerprint density at radius 2 is 1.90 bits per heavy atom. The number of hydrogen-bond acceptors (Lipinski definition) is 4. The first-order valence-electron chi connectivity index (χ1n) is 6.87. The largest absolute Gasteiger partial charge is 0.496 e. The highest BCUT2D eigenvalue weighted by atomic mass is 16.5. The topological polar surface area (TPSA) is 93.5 Å². The summed E-state index contributed by atoms with van der Waals surface area (Å²) in [4.78, 5) is 23.3. The van der Waals surface area contributed by atoms with Crippen LogP contribution in [0.25, 0.3) is 0 Å². The number of carbonyl (C=O) groups is 2. The van der Waals surface area contributed by atoms with E-state index in [2.05, 4.69) is 10.6 Å². The van der Waals surface area contributed by atoms with E-state index in [1.54, 1.807) is 7.11 Å². The summed E-state index contributed by atoms with van der Waals surface area (Å²) in [5, 5.41) is 5.24. The van der Waals surface area contributed by atoms with E-state index in [1.165, 1.54) is 0 Å². The fraction of sp³-hybridized carbons (Fsp3) is 0.467. The van der Waals surface area contributed by atoms with Gasteiger partial charge in [0.1, 0.15) is 5.75 Å². The van der Waals surface area contributed by atoms with Crippen molar-refractivity contribution in [3.8, 4) is 5.75 Å². The second kappa shape index (κ2) is 8.26. The number of nitrogens with one attached hydrogen (secondary N) is 2. The zero-order valence-corrected chi connectivity index (χ0v) is 12.7. The Kier molecular flexibility index (Phi) is 6.68. The first-order valence-corrected chi connectivity index (χ1v) is 6.87. The monoisotopic (exact) mass is 293 g/mol. The molecule has 1 atom stereocenters. The van der Waals surface area contributed by atoms with Gasteiger partial charge in [0.25, 0.3) is 0 Å². The standard InChI is InChI=1S/C15H23N3O3/c1-10(2)14(16)15(20)18-9-13(19)17-8-11-6-4-5-7-12(11)21-3/h4-7,10,14H,8-9,16H2,1-3H3,(H,17,19)(H,18,20)/t14-/m0/s1. The van der Waals surface area contributed by atoms with Gasteiger partial charge in [-0.1, -0.05) is 32.0 Å². The lowest BCUT2D eigenvalue weighted by atomic mass is 10.1. The molecule has 0 heterocycles. The molecule has 1 rings (SSSR count). The molecule has 0 aromatic heterocycles. The fourth-order valence-electron chi connectivity index (χ4n) is 1.69. The van der Waals surface area contributed by atoms with Crippen LogP contribution in [0.5, 0.6) is 5.75 Å². The summed E-state index contributed by atoms with van der Waals surface area (Å²) in [6.07, 6.45) is 0. The molecule has 0 aliphatic heterocycles. The summed E-state index contributed by atoms with van der Waals surface area (Å²) in [5.41, 5.74) is 6.56. The van der Waals surface area contributed by atoms with Gasteiger partial charge in [-0.15, -0.1) is 0 Å². The molecule has 21 heavy (non-hydrogen) atoms. The minimum atomic E-state index is -0.605. The number of nitrogens with two attached hydrogens (primary N) is 1. The van der Waals surface area contributed by atoms with Gasteiger partial charge in [-0.2, -0.15) is 0 Å². The third kappa shape index (κ3) is 5.43. The Bertz CT molecular complexity index is 489. The smallest absolute Gasteiger partial charge is 0.239 e. The van der Waals surface area contributed by atoms with Gasteiger partial charge in [0.2, 0.25) is 11.8 Å². The normalized spacial score (nSPS) is 11.9. The van der Waals surface area contributed by atoms with Gasteiger partial charge in [0, 0.05) is 12.1 Å². The van der Waals surface area contributed by atoms with Crippen LogP contribution in [0.3, 0.4) is 0 Å². The Morgan fingerprint density at radius 1 is 1.24 bits per heavy atom. The Morgan fingerprint density at radius 3 is 2.52 bits per heavy atom. The number of amides is 2. The van der Waals surface area contributed by atoms with Crippen molar-refractivity contribution in [3.63, 3.8) is 0 Å². The Labute approximate surface area is 125 Å². The highest BCUT2D eigenvalue weighted by Gasteiger charge is 2.17. The third-order valence-corrected chi connectivity index (χ3v) is 3.11. The molecule has 4 N–H and O–H groups in total. The molecule has 0 fully saturated rings. The maximum absolute atomic E-state index is 11.7. The summed E-state index contributed by atoms with van der Waals surface area (Å²) in [6, 6.07) is 6.81. The second-order valence-electron chi connectivity index (χ2n) is 5.08. The molecule has 1 aromatic carbocycles. The average Bonchev–Trinajstić information content (AvgIpc) is 2.49. The molecule has 0 saturated carbocycles. The van der Waals surface area contributed by atoms with E-state index >= 15 is 0 Å². The van der Waals surface area contributed by atoms with Crippen LogP contribution in [0.15, 0.2) is 24.3 Å². The van der Waals surface area contributed by atoms with E-state index in [-0.39, 0.29) is 24.3 Å². The van der Waals surface area contributed by atoms with Gasteiger partial charge in [-0.05, 0) is 12.0 Å². The van der Waals surface area contributed by atoms with E-state index in [4.69, 9.17) is 10.5 Å². The number of benzene rings is 1. The van der Waals surface area contributed by atoms with Crippen molar-refractivity contribution < 1.29 is 14.3 Å². The lowest BCUT2D eigenvalue weighted by molar-refractivity contribution is -0.127. The minimum Gasteiger partial charge on any atom is -0.496 e. The van der Waals surface area contributed by atoms with Crippen LogP contribution >= 0.6 is 0 Å². The molecular formula is C15H23N3O3. The van der Waals surface area contributed by atoms with Crippen molar-refractivity contribution in [3.05, 3.63) is 29.8 Å². The van der Waals surface area contributed by atoms with Gasteiger partial charge >= 0.3 is 0 Å². The third-order valence-electron chi connectivity index (χ3n) is 3.11. The van der Waals surface area contributed by atoms with Gasteiger partial charge in [-0.25, -0.2) is 0 Å². The molecule has 0 spiro atoms. The number of rotatable bonds is 7. The zero-order valence-electron chi connectivity index (χ0n) is 12.7. The van der Waals surface area contributed by atoms with E-state index in [0.29, 0.717) is 12.3 Å². The molecule has 116 valence electrons. The summed E-state index contributed by atoms with van der Waals surface area (Å²) >= 11 is 0. The summed E-state index contributed by atoms with van der Waals surface area (Å²) in [5.74, 6) is 0.146. The predicted octanol–water partition coefficient (Wildman–Crippen LogP) is 0.411. The number of ether oxygens (including phenoxy) is 1. The fourth-order valence-corrected chi connectivity index (χ4v) is 1.69. The van der Waals surface area contributed by atoms with Gasteiger partial charge < -0.3 is 21.1 Å². The lowest BCUT2D eigenvalue weighted by Crippen LogP contribution is -2.47. The van der Waals surface area contributed by atoms with Crippen LogP contribution in [0.2, 0.25) is 0 Å². The molecule has 0 aliphatic rings. The SMILES string of the molecule is COc1ccccc1CNC(=O)CNC(=O)[C@@H](N)C(C)C. The average molecular weight is 293 g/mol. The van der Waals surface area contributed by atoms with Crippen molar-refractivity contribution in [2.24, 2.45) is 11.7 Å². The number of hydrogen-bond donors (Lipinski definition) is 3. The van der Waals surface area contributed by atoms with Crippen LogP contribution < -0.4 is 21.1 Å². The van der Waals surface area contributed by atoms with Crippen LogP contribution in [0, 0.1) is 5.92 Å². The lowest BCUT2D eigenvalue weighted by Gasteiger charge is -2.15. The maximum Gasteiger partial charge on any atom is 0.239 e. The summed E-state index contributed by atoms with van der Waals surface area (Å²) in [7, 11) is 1.58. The molecule has 0 bridgehead atoms. The van der Waals surface area contributed by atoms with Crippen molar-refractivity contribution >= 4 is 11.8 Å². The van der Waals surface area contributed by atoms with Crippen molar-refractivity contribution in [2.45, 2.75) is 26.4 Å². The zero-order chi connectivity index (χ0) is 15.8. The molecule has 0 radical (unpaired) electrons. The van der Waals surface area contributed by atoms with E-state index in [0.717, 1.165) is 5.56 Å². The number of para-hydroxylation sites is 1.